The van der Waals surface area contributed by atoms with E-state index in [0.717, 1.165) is 11.8 Å². The number of aliphatic carboxylic acids is 1. The molecule has 0 N–H and O–H groups in total. The van der Waals surface area contributed by atoms with Gasteiger partial charge < -0.3 is 9.90 Å². The zero-order valence-electron chi connectivity index (χ0n) is 13.4. The number of carboxylic acids is 1. The summed E-state index contributed by atoms with van der Waals surface area (Å²) in [6.45, 7) is 0. The van der Waals surface area contributed by atoms with E-state index in [1.54, 1.807) is 48.5 Å². The molecule has 132 valence electrons. The Hall–Kier alpha value is -2.15. The van der Waals surface area contributed by atoms with E-state index < -0.39 is 12.0 Å². The number of amides is 1. The van der Waals surface area contributed by atoms with Crippen LogP contribution in [0.3, 0.4) is 0 Å². The Labute approximate surface area is 165 Å². The van der Waals surface area contributed by atoms with E-state index in [0.29, 0.717) is 25.4 Å². The molecule has 4 nitrogen and oxygen atoms in total. The van der Waals surface area contributed by atoms with Crippen LogP contribution in [-0.2, 0) is 9.59 Å². The lowest BCUT2D eigenvalue weighted by Crippen LogP contribution is -2.37. The van der Waals surface area contributed by atoms with Gasteiger partial charge in [-0.15, -0.1) is 0 Å². The summed E-state index contributed by atoms with van der Waals surface area (Å²) in [6.07, 6.45) is 1.33. The van der Waals surface area contributed by atoms with Crippen LogP contribution in [0.25, 0.3) is 6.08 Å². The van der Waals surface area contributed by atoms with Crippen molar-refractivity contribution in [3.63, 3.8) is 0 Å². The van der Waals surface area contributed by atoms with Crippen molar-refractivity contribution in [2.45, 2.75) is 12.5 Å². The molecule has 1 atom stereocenters. The highest BCUT2D eigenvalue weighted by Crippen LogP contribution is 2.39. The molecule has 7 heteroatoms. The second-order valence-corrected chi connectivity index (χ2v) is 7.66. The predicted molar refractivity (Wildman–Crippen MR) is 105 cm³/mol. The summed E-state index contributed by atoms with van der Waals surface area (Å²) in [7, 11) is 0. The van der Waals surface area contributed by atoms with Gasteiger partial charge in [0.25, 0.3) is 5.91 Å². The van der Waals surface area contributed by atoms with Crippen molar-refractivity contribution in [1.29, 1.82) is 0 Å². The van der Waals surface area contributed by atoms with Crippen LogP contribution in [-0.4, -0.2) is 21.1 Å². The molecule has 0 radical (unpaired) electrons. The van der Waals surface area contributed by atoms with Gasteiger partial charge in [-0.1, -0.05) is 84.1 Å². The first kappa shape index (κ1) is 18.6. The maximum absolute atomic E-state index is 12.9. The van der Waals surface area contributed by atoms with Crippen LogP contribution in [0.4, 0.5) is 0 Å². The van der Waals surface area contributed by atoms with Crippen LogP contribution < -0.4 is 5.11 Å². The van der Waals surface area contributed by atoms with Gasteiger partial charge in [0.1, 0.15) is 4.32 Å². The molecule has 1 heterocycles. The lowest BCUT2D eigenvalue weighted by Gasteiger charge is -2.27. The van der Waals surface area contributed by atoms with Crippen LogP contribution in [0.5, 0.6) is 0 Å². The smallest absolute Gasteiger partial charge is 0.266 e. The van der Waals surface area contributed by atoms with Crippen molar-refractivity contribution in [1.82, 2.24) is 4.90 Å². The first-order chi connectivity index (χ1) is 12.5. The lowest BCUT2D eigenvalue weighted by atomic mass is 10.0. The maximum atomic E-state index is 12.9. The number of benzene rings is 2. The number of carbonyl (C=O) groups is 2. The Morgan fingerprint density at radius 3 is 2.50 bits per heavy atom. The van der Waals surface area contributed by atoms with Gasteiger partial charge in [0.05, 0.1) is 10.9 Å². The highest BCUT2D eigenvalue weighted by Gasteiger charge is 2.37. The molecule has 3 rings (SSSR count). The highest BCUT2D eigenvalue weighted by molar-refractivity contribution is 8.26. The van der Waals surface area contributed by atoms with Crippen LogP contribution in [0.15, 0.2) is 59.5 Å². The topological polar surface area (TPSA) is 60.4 Å². The molecule has 2 aromatic carbocycles. The van der Waals surface area contributed by atoms with Crippen molar-refractivity contribution >= 4 is 57.9 Å². The molecule has 2 aromatic rings. The average molecular weight is 403 g/mol. The third kappa shape index (κ3) is 3.98. The van der Waals surface area contributed by atoms with E-state index in [4.69, 9.17) is 23.8 Å². The van der Waals surface area contributed by atoms with Gasteiger partial charge in [0.15, 0.2) is 0 Å². The highest BCUT2D eigenvalue weighted by atomic mass is 35.5. The van der Waals surface area contributed by atoms with E-state index in [9.17, 15) is 14.7 Å². The lowest BCUT2D eigenvalue weighted by molar-refractivity contribution is -0.306. The van der Waals surface area contributed by atoms with Crippen molar-refractivity contribution in [2.24, 2.45) is 0 Å². The maximum Gasteiger partial charge on any atom is 0.266 e. The van der Waals surface area contributed by atoms with E-state index in [2.05, 4.69) is 0 Å². The molecule has 0 aliphatic carbocycles. The number of carbonyl (C=O) groups excluding carboxylic acids is 2. The minimum atomic E-state index is -1.25. The Morgan fingerprint density at radius 2 is 1.85 bits per heavy atom. The molecule has 1 amide bonds. The van der Waals surface area contributed by atoms with Crippen molar-refractivity contribution in [3.8, 4) is 0 Å². The minimum Gasteiger partial charge on any atom is -0.550 e. The van der Waals surface area contributed by atoms with E-state index in [-0.39, 0.29) is 12.3 Å². The predicted octanol–water partition coefficient (Wildman–Crippen LogP) is 3.42. The number of thiocarbonyl (C=S) groups is 1. The number of hydrogen-bond acceptors (Lipinski definition) is 5. The van der Waals surface area contributed by atoms with Crippen LogP contribution in [0.2, 0.25) is 5.02 Å². The molecular formula is C19H13ClNO3S2-. The zero-order chi connectivity index (χ0) is 18.7. The van der Waals surface area contributed by atoms with Crippen LogP contribution in [0, 0.1) is 0 Å². The second-order valence-electron chi connectivity index (χ2n) is 5.58. The van der Waals surface area contributed by atoms with Gasteiger partial charge in [0, 0.05) is 17.4 Å². The van der Waals surface area contributed by atoms with Crippen molar-refractivity contribution < 1.29 is 14.7 Å². The molecule has 0 aromatic heterocycles. The number of rotatable bonds is 5. The molecule has 1 aliphatic rings. The summed E-state index contributed by atoms with van der Waals surface area (Å²) in [5.41, 5.74) is 1.39. The van der Waals surface area contributed by atoms with Crippen molar-refractivity contribution in [2.75, 3.05) is 0 Å². The van der Waals surface area contributed by atoms with E-state index in [1.165, 1.54) is 4.90 Å². The SMILES string of the molecule is O=C([O-])C[C@@H](c1ccccc1)N1C(=O)/C(=C/c2ccccc2Cl)SC1=S. The zero-order valence-corrected chi connectivity index (χ0v) is 15.8. The van der Waals surface area contributed by atoms with Gasteiger partial charge in [-0.3, -0.25) is 9.69 Å². The normalized spacial score (nSPS) is 17.0. The molecule has 0 saturated carbocycles. The summed E-state index contributed by atoms with van der Waals surface area (Å²) in [4.78, 5) is 25.9. The minimum absolute atomic E-state index is 0.309. The molecule has 1 aliphatic heterocycles. The fraction of sp³-hybridized carbons (Fsp3) is 0.105. The van der Waals surface area contributed by atoms with Gasteiger partial charge in [-0.05, 0) is 23.3 Å². The average Bonchev–Trinajstić information content (AvgIpc) is 2.89. The molecule has 26 heavy (non-hydrogen) atoms. The molecular weight excluding hydrogens is 390 g/mol. The number of halogens is 1. The fourth-order valence-corrected chi connectivity index (χ4v) is 4.21. The van der Waals surface area contributed by atoms with Gasteiger partial charge in [-0.2, -0.15) is 0 Å². The van der Waals surface area contributed by atoms with Gasteiger partial charge in [-0.25, -0.2) is 0 Å². The first-order valence-electron chi connectivity index (χ1n) is 7.74. The molecule has 0 bridgehead atoms. The number of hydrogen-bond donors (Lipinski definition) is 0. The van der Waals surface area contributed by atoms with Crippen LogP contribution >= 0.6 is 35.6 Å². The Morgan fingerprint density at radius 1 is 1.19 bits per heavy atom. The standard InChI is InChI=1S/C19H14ClNO3S2/c20-14-9-5-4-8-13(14)10-16-18(24)21(19(25)26-16)15(11-17(22)23)12-6-2-1-3-7-12/h1-10,15H,11H2,(H,22,23)/p-1/b16-10-/t15-/m0/s1. The second kappa shape index (κ2) is 8.03. The Balaban J connectivity index is 1.96. The largest absolute Gasteiger partial charge is 0.550 e. The Kier molecular flexibility index (Phi) is 5.76. The number of carboxylic acid groups (broad SMARTS) is 1. The molecule has 1 fully saturated rings. The summed E-state index contributed by atoms with van der Waals surface area (Å²) in [5, 5.41) is 11.8. The number of thioether (sulfide) groups is 1. The third-order valence-corrected chi connectivity index (χ3v) is 5.55. The summed E-state index contributed by atoms with van der Waals surface area (Å²) in [6, 6.07) is 15.4. The van der Waals surface area contributed by atoms with E-state index in [1.807, 2.05) is 12.1 Å². The molecule has 0 unspecified atom stereocenters. The third-order valence-electron chi connectivity index (χ3n) is 3.87. The summed E-state index contributed by atoms with van der Waals surface area (Å²) < 4.78 is 0.309. The first-order valence-corrected chi connectivity index (χ1v) is 9.34. The molecule has 0 spiro atoms. The van der Waals surface area contributed by atoms with E-state index >= 15 is 0 Å². The fourth-order valence-electron chi connectivity index (χ4n) is 2.67. The Bertz CT molecular complexity index is 899. The quantitative estimate of drug-likeness (QED) is 0.566. The summed E-state index contributed by atoms with van der Waals surface area (Å²) >= 11 is 12.6. The monoisotopic (exact) mass is 402 g/mol. The molecule has 1 saturated heterocycles. The van der Waals surface area contributed by atoms with Crippen LogP contribution in [0.1, 0.15) is 23.6 Å². The van der Waals surface area contributed by atoms with Gasteiger partial charge >= 0.3 is 0 Å². The van der Waals surface area contributed by atoms with Crippen molar-refractivity contribution in [3.05, 3.63) is 75.7 Å². The number of nitrogens with zero attached hydrogens (tertiary/aromatic N) is 1. The van der Waals surface area contributed by atoms with Gasteiger partial charge in [0.2, 0.25) is 0 Å². The summed E-state index contributed by atoms with van der Waals surface area (Å²) in [5.74, 6) is -1.59.